The second-order valence-electron chi connectivity index (χ2n) is 6.52. The number of hydrogen-bond donors (Lipinski definition) is 0. The Hall–Kier alpha value is -2.12. The molecule has 0 N–H and O–H groups in total. The average molecular weight is 362 g/mol. The van der Waals surface area contributed by atoms with Crippen molar-refractivity contribution in [3.8, 4) is 11.5 Å². The van der Waals surface area contributed by atoms with Crippen LogP contribution >= 0.6 is 0 Å². The first kappa shape index (κ1) is 18.7. The number of carbonyl (C=O) groups excluding carboxylic acids is 1. The van der Waals surface area contributed by atoms with Gasteiger partial charge in [-0.05, 0) is 43.9 Å². The topological polar surface area (TPSA) is 69.6 Å². The monoisotopic (exact) mass is 362 g/mol. The molecule has 7 heteroatoms. The summed E-state index contributed by atoms with van der Waals surface area (Å²) in [5.41, 5.74) is 0.790. The summed E-state index contributed by atoms with van der Waals surface area (Å²) in [7, 11) is 1.62. The zero-order valence-electron chi connectivity index (χ0n) is 15.2. The van der Waals surface area contributed by atoms with Gasteiger partial charge in [-0.15, -0.1) is 0 Å². The standard InChI is InChI=1S/C19H26N2O5/c1-23-17-7-6-15(12-18(17)25-16-4-2-3-5-16)13-20-26-19(22)14-21-8-10-24-11-9-21/h6-7,12-13,16H,2-5,8-11,14H2,1H3/b20-13+. The fraction of sp³-hybridized carbons (Fsp3) is 0.579. The third-order valence-electron chi connectivity index (χ3n) is 4.60. The fourth-order valence-electron chi connectivity index (χ4n) is 3.17. The summed E-state index contributed by atoms with van der Waals surface area (Å²) in [4.78, 5) is 18.8. The molecular weight excluding hydrogens is 336 g/mol. The van der Waals surface area contributed by atoms with Crippen molar-refractivity contribution in [1.82, 2.24) is 4.90 Å². The molecule has 1 saturated heterocycles. The van der Waals surface area contributed by atoms with Crippen LogP contribution in [0.1, 0.15) is 31.2 Å². The van der Waals surface area contributed by atoms with E-state index in [-0.39, 0.29) is 18.6 Å². The molecule has 1 aliphatic carbocycles. The summed E-state index contributed by atoms with van der Waals surface area (Å²) in [5.74, 6) is 1.01. The average Bonchev–Trinajstić information content (AvgIpc) is 3.16. The van der Waals surface area contributed by atoms with E-state index in [1.54, 1.807) is 7.11 Å². The van der Waals surface area contributed by atoms with Crippen molar-refractivity contribution in [3.05, 3.63) is 23.8 Å². The molecule has 1 aromatic rings. The SMILES string of the molecule is COc1ccc(/C=N/OC(=O)CN2CCOCC2)cc1OC1CCCC1. The number of carbonyl (C=O) groups is 1. The second-order valence-corrected chi connectivity index (χ2v) is 6.52. The van der Waals surface area contributed by atoms with Crippen molar-refractivity contribution >= 4 is 12.2 Å². The van der Waals surface area contributed by atoms with Gasteiger partial charge in [0.05, 0.1) is 39.2 Å². The highest BCUT2D eigenvalue weighted by molar-refractivity contribution is 5.81. The van der Waals surface area contributed by atoms with Crippen molar-refractivity contribution in [1.29, 1.82) is 0 Å². The van der Waals surface area contributed by atoms with Gasteiger partial charge in [0.25, 0.3) is 0 Å². The maximum absolute atomic E-state index is 11.8. The Morgan fingerprint density at radius 1 is 1.27 bits per heavy atom. The summed E-state index contributed by atoms with van der Waals surface area (Å²) in [6.45, 7) is 2.98. The molecule has 0 radical (unpaired) electrons. The Morgan fingerprint density at radius 3 is 2.77 bits per heavy atom. The van der Waals surface area contributed by atoms with E-state index in [9.17, 15) is 4.79 Å². The molecular formula is C19H26N2O5. The molecule has 0 aromatic heterocycles. The van der Waals surface area contributed by atoms with E-state index in [1.807, 2.05) is 23.1 Å². The highest BCUT2D eigenvalue weighted by atomic mass is 16.7. The van der Waals surface area contributed by atoms with Gasteiger partial charge in [-0.1, -0.05) is 5.16 Å². The molecule has 0 amide bonds. The molecule has 0 bridgehead atoms. The first-order valence-corrected chi connectivity index (χ1v) is 9.12. The van der Waals surface area contributed by atoms with Crippen molar-refractivity contribution < 1.29 is 23.8 Å². The van der Waals surface area contributed by atoms with Gasteiger partial charge in [-0.2, -0.15) is 0 Å². The van der Waals surface area contributed by atoms with Crippen LogP contribution in [-0.4, -0.2) is 63.1 Å². The van der Waals surface area contributed by atoms with E-state index < -0.39 is 0 Å². The molecule has 2 fully saturated rings. The zero-order valence-corrected chi connectivity index (χ0v) is 15.2. The molecule has 1 aliphatic heterocycles. The number of nitrogens with zero attached hydrogens (tertiary/aromatic N) is 2. The van der Waals surface area contributed by atoms with Crippen LogP contribution in [0.15, 0.2) is 23.4 Å². The largest absolute Gasteiger partial charge is 0.493 e. The molecule has 0 unspecified atom stereocenters. The van der Waals surface area contributed by atoms with Crippen LogP contribution < -0.4 is 9.47 Å². The lowest BCUT2D eigenvalue weighted by Gasteiger charge is -2.24. The number of rotatable bonds is 7. The first-order valence-electron chi connectivity index (χ1n) is 9.12. The minimum atomic E-state index is -0.376. The van der Waals surface area contributed by atoms with Gasteiger partial charge in [0.15, 0.2) is 11.5 Å². The number of benzene rings is 1. The molecule has 7 nitrogen and oxygen atoms in total. The first-order chi connectivity index (χ1) is 12.7. The van der Waals surface area contributed by atoms with Crippen LogP contribution in [0.25, 0.3) is 0 Å². The normalized spacial score (nSPS) is 19.0. The molecule has 1 heterocycles. The molecule has 1 saturated carbocycles. The van der Waals surface area contributed by atoms with Gasteiger partial charge in [0.1, 0.15) is 0 Å². The van der Waals surface area contributed by atoms with Gasteiger partial charge in [-0.25, -0.2) is 4.79 Å². The third-order valence-corrected chi connectivity index (χ3v) is 4.60. The smallest absolute Gasteiger partial charge is 0.348 e. The predicted octanol–water partition coefficient (Wildman–Crippen LogP) is 2.23. The Balaban J connectivity index is 1.54. The lowest BCUT2D eigenvalue weighted by atomic mass is 10.2. The van der Waals surface area contributed by atoms with Crippen LogP contribution in [0.4, 0.5) is 0 Å². The third kappa shape index (κ3) is 5.44. The number of ether oxygens (including phenoxy) is 3. The molecule has 0 spiro atoms. The quantitative estimate of drug-likeness (QED) is 0.421. The fourth-order valence-corrected chi connectivity index (χ4v) is 3.17. The maximum atomic E-state index is 11.8. The van der Waals surface area contributed by atoms with E-state index in [1.165, 1.54) is 19.1 Å². The van der Waals surface area contributed by atoms with Crippen LogP contribution in [0, 0.1) is 0 Å². The predicted molar refractivity (Wildman–Crippen MR) is 96.8 cm³/mol. The maximum Gasteiger partial charge on any atom is 0.348 e. The van der Waals surface area contributed by atoms with Crippen molar-refractivity contribution in [2.75, 3.05) is 40.0 Å². The van der Waals surface area contributed by atoms with E-state index in [0.29, 0.717) is 24.7 Å². The number of morpholine rings is 1. The Kier molecular flexibility index (Phi) is 6.85. The number of methoxy groups -OCH3 is 1. The molecule has 3 rings (SSSR count). The number of oxime groups is 1. The van der Waals surface area contributed by atoms with Gasteiger partial charge in [0.2, 0.25) is 0 Å². The molecule has 142 valence electrons. The molecule has 1 aromatic carbocycles. The van der Waals surface area contributed by atoms with E-state index in [4.69, 9.17) is 19.0 Å². The van der Waals surface area contributed by atoms with Gasteiger partial charge >= 0.3 is 5.97 Å². The van der Waals surface area contributed by atoms with Crippen LogP contribution in [0.2, 0.25) is 0 Å². The minimum absolute atomic E-state index is 0.222. The van der Waals surface area contributed by atoms with Crippen molar-refractivity contribution in [2.24, 2.45) is 5.16 Å². The van der Waals surface area contributed by atoms with Crippen molar-refractivity contribution in [2.45, 2.75) is 31.8 Å². The lowest BCUT2D eigenvalue weighted by Crippen LogP contribution is -2.39. The zero-order chi connectivity index (χ0) is 18.2. The second kappa shape index (κ2) is 9.54. The van der Waals surface area contributed by atoms with E-state index in [0.717, 1.165) is 31.5 Å². The Bertz CT molecular complexity index is 622. The van der Waals surface area contributed by atoms with E-state index >= 15 is 0 Å². The highest BCUT2D eigenvalue weighted by Gasteiger charge is 2.18. The molecule has 0 atom stereocenters. The van der Waals surface area contributed by atoms with Gasteiger partial charge < -0.3 is 19.0 Å². The van der Waals surface area contributed by atoms with Crippen LogP contribution in [0.3, 0.4) is 0 Å². The lowest BCUT2D eigenvalue weighted by molar-refractivity contribution is -0.145. The Labute approximate surface area is 153 Å². The molecule has 2 aliphatic rings. The molecule has 26 heavy (non-hydrogen) atoms. The van der Waals surface area contributed by atoms with Crippen molar-refractivity contribution in [3.63, 3.8) is 0 Å². The highest BCUT2D eigenvalue weighted by Crippen LogP contribution is 2.32. The summed E-state index contributed by atoms with van der Waals surface area (Å²) < 4.78 is 16.7. The summed E-state index contributed by atoms with van der Waals surface area (Å²) in [6.07, 6.45) is 6.29. The van der Waals surface area contributed by atoms with Crippen LogP contribution in [0.5, 0.6) is 11.5 Å². The van der Waals surface area contributed by atoms with Gasteiger partial charge in [0, 0.05) is 18.7 Å². The summed E-state index contributed by atoms with van der Waals surface area (Å²) in [6, 6.07) is 5.54. The number of hydrogen-bond acceptors (Lipinski definition) is 7. The van der Waals surface area contributed by atoms with Crippen LogP contribution in [-0.2, 0) is 14.4 Å². The Morgan fingerprint density at radius 2 is 2.04 bits per heavy atom. The van der Waals surface area contributed by atoms with Gasteiger partial charge in [-0.3, -0.25) is 4.90 Å². The summed E-state index contributed by atoms with van der Waals surface area (Å²) >= 11 is 0. The summed E-state index contributed by atoms with van der Waals surface area (Å²) in [5, 5.41) is 3.81. The minimum Gasteiger partial charge on any atom is -0.493 e. The van der Waals surface area contributed by atoms with E-state index in [2.05, 4.69) is 5.16 Å².